The van der Waals surface area contributed by atoms with Gasteiger partial charge >= 0.3 is 0 Å². The smallest absolute Gasteiger partial charge is 0.126 e. The maximum atomic E-state index is 13.7. The zero-order valence-electron chi connectivity index (χ0n) is 11.5. The van der Waals surface area contributed by atoms with Gasteiger partial charge in [0.05, 0.1) is 0 Å². The maximum Gasteiger partial charge on any atom is 0.126 e. The normalized spacial score (nSPS) is 14.5. The van der Waals surface area contributed by atoms with Crippen molar-refractivity contribution >= 4 is 11.6 Å². The molecular formula is C15H23ClFN. The topological polar surface area (TPSA) is 12.0 Å². The molecule has 0 radical (unpaired) electrons. The SMILES string of the molecule is CCCNC(Cc1cc(Cl)ccc1F)C(C)CC. The molecule has 0 saturated heterocycles. The molecule has 0 heterocycles. The van der Waals surface area contributed by atoms with E-state index < -0.39 is 0 Å². The van der Waals surface area contributed by atoms with Gasteiger partial charge in [-0.15, -0.1) is 0 Å². The summed E-state index contributed by atoms with van der Waals surface area (Å²) in [6.07, 6.45) is 2.87. The van der Waals surface area contributed by atoms with Gasteiger partial charge in [0.15, 0.2) is 0 Å². The summed E-state index contributed by atoms with van der Waals surface area (Å²) >= 11 is 5.93. The fourth-order valence-electron chi connectivity index (χ4n) is 2.03. The van der Waals surface area contributed by atoms with Gasteiger partial charge in [-0.3, -0.25) is 0 Å². The predicted molar refractivity (Wildman–Crippen MR) is 76.7 cm³/mol. The molecule has 2 unspecified atom stereocenters. The van der Waals surface area contributed by atoms with Crippen molar-refractivity contribution < 1.29 is 4.39 Å². The highest BCUT2D eigenvalue weighted by atomic mass is 35.5. The van der Waals surface area contributed by atoms with Crippen molar-refractivity contribution in [3.05, 3.63) is 34.6 Å². The molecule has 1 aromatic rings. The van der Waals surface area contributed by atoms with Crippen molar-refractivity contribution in [1.82, 2.24) is 5.32 Å². The summed E-state index contributed by atoms with van der Waals surface area (Å²) in [6, 6.07) is 5.09. The fraction of sp³-hybridized carbons (Fsp3) is 0.600. The van der Waals surface area contributed by atoms with E-state index in [9.17, 15) is 4.39 Å². The summed E-state index contributed by atoms with van der Waals surface area (Å²) in [5.41, 5.74) is 0.705. The summed E-state index contributed by atoms with van der Waals surface area (Å²) in [5, 5.41) is 4.11. The minimum atomic E-state index is -0.161. The average molecular weight is 272 g/mol. The highest BCUT2D eigenvalue weighted by molar-refractivity contribution is 6.30. The van der Waals surface area contributed by atoms with Gasteiger partial charge in [0.1, 0.15) is 5.82 Å². The molecule has 0 amide bonds. The lowest BCUT2D eigenvalue weighted by molar-refractivity contribution is 0.361. The third kappa shape index (κ3) is 4.58. The van der Waals surface area contributed by atoms with E-state index in [1.807, 2.05) is 0 Å². The Bertz CT molecular complexity index is 368. The number of hydrogen-bond acceptors (Lipinski definition) is 1. The van der Waals surface area contributed by atoms with Crippen LogP contribution < -0.4 is 5.32 Å². The number of hydrogen-bond donors (Lipinski definition) is 1. The van der Waals surface area contributed by atoms with Gasteiger partial charge < -0.3 is 5.32 Å². The number of rotatable bonds is 7. The molecule has 0 aliphatic carbocycles. The Labute approximate surface area is 115 Å². The molecule has 0 fully saturated rings. The Morgan fingerprint density at radius 2 is 2.06 bits per heavy atom. The van der Waals surface area contributed by atoms with Crippen LogP contribution >= 0.6 is 11.6 Å². The summed E-state index contributed by atoms with van der Waals surface area (Å²) in [5.74, 6) is 0.362. The molecule has 18 heavy (non-hydrogen) atoms. The quantitative estimate of drug-likeness (QED) is 0.773. The molecule has 1 nitrogen and oxygen atoms in total. The largest absolute Gasteiger partial charge is 0.313 e. The summed E-state index contributed by atoms with van der Waals surface area (Å²) in [4.78, 5) is 0. The van der Waals surface area contributed by atoms with Crippen LogP contribution in [0, 0.1) is 11.7 Å². The number of benzene rings is 1. The van der Waals surface area contributed by atoms with E-state index in [1.165, 1.54) is 6.07 Å². The van der Waals surface area contributed by atoms with Crippen LogP contribution in [0.2, 0.25) is 5.02 Å². The molecule has 0 saturated carbocycles. The molecule has 0 spiro atoms. The third-order valence-electron chi connectivity index (χ3n) is 3.43. The first-order valence-electron chi connectivity index (χ1n) is 6.75. The highest BCUT2D eigenvalue weighted by Gasteiger charge is 2.17. The van der Waals surface area contributed by atoms with E-state index in [0.717, 1.165) is 19.4 Å². The van der Waals surface area contributed by atoms with Gasteiger partial charge in [0, 0.05) is 11.1 Å². The lowest BCUT2D eigenvalue weighted by Gasteiger charge is -2.24. The van der Waals surface area contributed by atoms with Gasteiger partial charge in [-0.2, -0.15) is 0 Å². The Kier molecular flexibility index (Phi) is 6.66. The van der Waals surface area contributed by atoms with E-state index >= 15 is 0 Å². The second-order valence-corrected chi connectivity index (χ2v) is 5.32. The first-order chi connectivity index (χ1) is 8.58. The van der Waals surface area contributed by atoms with Crippen molar-refractivity contribution in [3.63, 3.8) is 0 Å². The van der Waals surface area contributed by atoms with Crippen LogP contribution in [0.3, 0.4) is 0 Å². The van der Waals surface area contributed by atoms with Crippen molar-refractivity contribution in [2.75, 3.05) is 6.54 Å². The first-order valence-corrected chi connectivity index (χ1v) is 7.13. The zero-order chi connectivity index (χ0) is 13.5. The Hall–Kier alpha value is -0.600. The van der Waals surface area contributed by atoms with E-state index in [-0.39, 0.29) is 5.82 Å². The van der Waals surface area contributed by atoms with Gasteiger partial charge in [-0.1, -0.05) is 38.8 Å². The van der Waals surface area contributed by atoms with Crippen LogP contribution in [0.4, 0.5) is 4.39 Å². The maximum absolute atomic E-state index is 13.7. The Balaban J connectivity index is 2.77. The molecule has 1 N–H and O–H groups in total. The van der Waals surface area contributed by atoms with Crippen molar-refractivity contribution in [2.24, 2.45) is 5.92 Å². The van der Waals surface area contributed by atoms with Gasteiger partial charge in [-0.25, -0.2) is 4.39 Å². The van der Waals surface area contributed by atoms with Gasteiger partial charge in [0.25, 0.3) is 0 Å². The Morgan fingerprint density at radius 3 is 2.67 bits per heavy atom. The molecule has 0 aliphatic rings. The molecule has 1 aromatic carbocycles. The van der Waals surface area contributed by atoms with E-state index in [1.54, 1.807) is 12.1 Å². The number of nitrogens with one attached hydrogen (secondary N) is 1. The van der Waals surface area contributed by atoms with E-state index in [2.05, 4.69) is 26.1 Å². The number of halogens is 2. The summed E-state index contributed by atoms with van der Waals surface area (Å²) in [7, 11) is 0. The highest BCUT2D eigenvalue weighted by Crippen LogP contribution is 2.19. The molecule has 1 rings (SSSR count). The monoisotopic (exact) mass is 271 g/mol. The molecule has 2 atom stereocenters. The van der Waals surface area contributed by atoms with E-state index in [4.69, 9.17) is 11.6 Å². The average Bonchev–Trinajstić information content (AvgIpc) is 2.37. The zero-order valence-corrected chi connectivity index (χ0v) is 12.2. The lowest BCUT2D eigenvalue weighted by atomic mass is 9.92. The summed E-state index contributed by atoms with van der Waals surface area (Å²) in [6.45, 7) is 7.48. The standard InChI is InChI=1S/C15H23ClFN/c1-4-8-18-15(11(3)5-2)10-12-9-13(16)6-7-14(12)17/h6-7,9,11,15,18H,4-5,8,10H2,1-3H3. The minimum Gasteiger partial charge on any atom is -0.313 e. The fourth-order valence-corrected chi connectivity index (χ4v) is 2.22. The molecule has 102 valence electrons. The first kappa shape index (κ1) is 15.5. The molecule has 0 bridgehead atoms. The van der Waals surface area contributed by atoms with Crippen LogP contribution in [-0.4, -0.2) is 12.6 Å². The minimum absolute atomic E-state index is 0.161. The Morgan fingerprint density at radius 1 is 1.33 bits per heavy atom. The molecule has 0 aromatic heterocycles. The van der Waals surface area contributed by atoms with Crippen molar-refractivity contribution in [1.29, 1.82) is 0 Å². The van der Waals surface area contributed by atoms with Crippen LogP contribution in [-0.2, 0) is 6.42 Å². The molecule has 3 heteroatoms. The van der Waals surface area contributed by atoms with Crippen LogP contribution in [0.5, 0.6) is 0 Å². The van der Waals surface area contributed by atoms with Crippen molar-refractivity contribution in [2.45, 2.75) is 46.1 Å². The van der Waals surface area contributed by atoms with Crippen LogP contribution in [0.1, 0.15) is 39.2 Å². The van der Waals surface area contributed by atoms with Gasteiger partial charge in [0.2, 0.25) is 0 Å². The second kappa shape index (κ2) is 7.75. The second-order valence-electron chi connectivity index (χ2n) is 4.89. The third-order valence-corrected chi connectivity index (χ3v) is 3.67. The summed E-state index contributed by atoms with van der Waals surface area (Å²) < 4.78 is 13.7. The van der Waals surface area contributed by atoms with Crippen LogP contribution in [0.15, 0.2) is 18.2 Å². The molecular weight excluding hydrogens is 249 g/mol. The molecule has 0 aliphatic heterocycles. The lowest BCUT2D eigenvalue weighted by Crippen LogP contribution is -2.37. The van der Waals surface area contributed by atoms with Gasteiger partial charge in [-0.05, 0) is 49.1 Å². The van der Waals surface area contributed by atoms with Crippen LogP contribution in [0.25, 0.3) is 0 Å². The van der Waals surface area contributed by atoms with Crippen molar-refractivity contribution in [3.8, 4) is 0 Å². The predicted octanol–water partition coefficient (Wildman–Crippen LogP) is 4.44. The van der Waals surface area contributed by atoms with E-state index in [0.29, 0.717) is 29.0 Å².